The van der Waals surface area contributed by atoms with E-state index in [1.165, 1.54) is 4.90 Å². The predicted molar refractivity (Wildman–Crippen MR) is 77.2 cm³/mol. The lowest BCUT2D eigenvalue weighted by Crippen LogP contribution is -2.34. The third kappa shape index (κ3) is 3.52. The molecule has 6 heteroatoms. The number of carbonyl (C=O) groups excluding carboxylic acids is 2. The van der Waals surface area contributed by atoms with Crippen LogP contribution in [0.4, 0.5) is 0 Å². The molecule has 2 amide bonds. The highest BCUT2D eigenvalue weighted by atomic mass is 16.5. The second-order valence-corrected chi connectivity index (χ2v) is 5.05. The number of carbonyl (C=O) groups is 2. The number of nitrogens with two attached hydrogens (primary N) is 1. The average Bonchev–Trinajstić information content (AvgIpc) is 2.83. The summed E-state index contributed by atoms with van der Waals surface area (Å²) in [7, 11) is 3.14. The molecular weight excluding hydrogens is 272 g/mol. The summed E-state index contributed by atoms with van der Waals surface area (Å²) < 4.78 is 10.4. The molecule has 1 atom stereocenters. The number of hydrogen-bond donors (Lipinski definition) is 1. The molecule has 1 heterocycles. The van der Waals surface area contributed by atoms with E-state index < -0.39 is 0 Å². The van der Waals surface area contributed by atoms with Crippen LogP contribution in [0.15, 0.2) is 18.2 Å². The molecule has 0 bridgehead atoms. The van der Waals surface area contributed by atoms with Crippen LogP contribution in [0.2, 0.25) is 0 Å². The minimum atomic E-state index is -0.234. The van der Waals surface area contributed by atoms with Gasteiger partial charge >= 0.3 is 0 Å². The van der Waals surface area contributed by atoms with Crippen molar-refractivity contribution in [2.45, 2.75) is 25.3 Å². The van der Waals surface area contributed by atoms with Gasteiger partial charge in [0.25, 0.3) is 0 Å². The van der Waals surface area contributed by atoms with Crippen molar-refractivity contribution in [2.75, 3.05) is 20.8 Å². The molecule has 0 aromatic heterocycles. The topological polar surface area (TPSA) is 81.9 Å². The number of benzene rings is 1. The molecule has 1 fully saturated rings. The number of aryl methyl sites for hydroxylation is 1. The second kappa shape index (κ2) is 6.58. The Labute approximate surface area is 123 Å². The van der Waals surface area contributed by atoms with Gasteiger partial charge in [0.2, 0.25) is 11.8 Å². The number of hydrogen-bond acceptors (Lipinski definition) is 5. The Morgan fingerprint density at radius 2 is 2.05 bits per heavy atom. The van der Waals surface area contributed by atoms with E-state index in [4.69, 9.17) is 15.2 Å². The average molecular weight is 292 g/mol. The molecule has 1 aromatic carbocycles. The highest BCUT2D eigenvalue weighted by Gasteiger charge is 2.31. The van der Waals surface area contributed by atoms with Gasteiger partial charge in [0.15, 0.2) is 11.5 Å². The predicted octanol–water partition coefficient (Wildman–Crippen LogP) is 0.723. The SMILES string of the molecule is COc1ccc(CCC(=O)N2CC(N)CC2=O)cc1OC. The van der Waals surface area contributed by atoms with Gasteiger partial charge < -0.3 is 15.2 Å². The number of nitrogens with zero attached hydrogens (tertiary/aromatic N) is 1. The molecule has 1 aliphatic heterocycles. The molecule has 21 heavy (non-hydrogen) atoms. The van der Waals surface area contributed by atoms with Crippen molar-refractivity contribution in [3.05, 3.63) is 23.8 Å². The molecule has 0 spiro atoms. The van der Waals surface area contributed by atoms with E-state index in [1.807, 2.05) is 12.1 Å². The van der Waals surface area contributed by atoms with E-state index in [2.05, 4.69) is 0 Å². The lowest BCUT2D eigenvalue weighted by Gasteiger charge is -2.14. The van der Waals surface area contributed by atoms with Crippen molar-refractivity contribution in [3.8, 4) is 11.5 Å². The summed E-state index contributed by atoms with van der Waals surface area (Å²) in [5, 5.41) is 0. The first-order valence-electron chi connectivity index (χ1n) is 6.84. The number of imide groups is 1. The first kappa shape index (κ1) is 15.3. The Hall–Kier alpha value is -2.08. The minimum Gasteiger partial charge on any atom is -0.493 e. The van der Waals surface area contributed by atoms with E-state index in [0.29, 0.717) is 24.5 Å². The van der Waals surface area contributed by atoms with Gasteiger partial charge in [0.05, 0.1) is 14.2 Å². The maximum absolute atomic E-state index is 12.0. The quantitative estimate of drug-likeness (QED) is 0.865. The van der Waals surface area contributed by atoms with Gasteiger partial charge in [-0.1, -0.05) is 6.07 Å². The molecule has 1 unspecified atom stereocenters. The fourth-order valence-corrected chi connectivity index (χ4v) is 2.40. The van der Waals surface area contributed by atoms with E-state index >= 15 is 0 Å². The third-order valence-corrected chi connectivity index (χ3v) is 3.53. The van der Waals surface area contributed by atoms with Crippen molar-refractivity contribution in [3.63, 3.8) is 0 Å². The van der Waals surface area contributed by atoms with Crippen LogP contribution in [0.5, 0.6) is 11.5 Å². The summed E-state index contributed by atoms with van der Waals surface area (Å²) >= 11 is 0. The highest BCUT2D eigenvalue weighted by Crippen LogP contribution is 2.28. The van der Waals surface area contributed by atoms with Crippen LogP contribution in [0.3, 0.4) is 0 Å². The highest BCUT2D eigenvalue weighted by molar-refractivity contribution is 5.97. The zero-order valence-corrected chi connectivity index (χ0v) is 12.3. The van der Waals surface area contributed by atoms with Crippen molar-refractivity contribution < 1.29 is 19.1 Å². The van der Waals surface area contributed by atoms with Crippen LogP contribution in [-0.2, 0) is 16.0 Å². The van der Waals surface area contributed by atoms with Gasteiger partial charge in [-0.3, -0.25) is 14.5 Å². The smallest absolute Gasteiger partial charge is 0.230 e. The molecule has 1 saturated heterocycles. The number of ether oxygens (including phenoxy) is 2. The Morgan fingerprint density at radius 3 is 2.62 bits per heavy atom. The normalized spacial score (nSPS) is 18.0. The molecule has 1 aliphatic rings. The van der Waals surface area contributed by atoms with Gasteiger partial charge in [0, 0.05) is 25.4 Å². The summed E-state index contributed by atoms with van der Waals surface area (Å²) in [4.78, 5) is 24.9. The van der Waals surface area contributed by atoms with Crippen molar-refractivity contribution in [2.24, 2.45) is 5.73 Å². The van der Waals surface area contributed by atoms with Gasteiger partial charge in [0.1, 0.15) is 0 Å². The van der Waals surface area contributed by atoms with E-state index in [-0.39, 0.29) is 30.7 Å². The molecule has 114 valence electrons. The Morgan fingerprint density at radius 1 is 1.33 bits per heavy atom. The molecule has 1 aromatic rings. The third-order valence-electron chi connectivity index (χ3n) is 3.53. The second-order valence-electron chi connectivity index (χ2n) is 5.05. The maximum Gasteiger partial charge on any atom is 0.230 e. The molecule has 0 radical (unpaired) electrons. The van der Waals surface area contributed by atoms with Crippen LogP contribution in [0, 0.1) is 0 Å². The van der Waals surface area contributed by atoms with Crippen molar-refractivity contribution >= 4 is 11.8 Å². The number of rotatable bonds is 5. The van der Waals surface area contributed by atoms with E-state index in [1.54, 1.807) is 20.3 Å². The summed E-state index contributed by atoms with van der Waals surface area (Å²) in [5.74, 6) is 0.914. The molecule has 0 aliphatic carbocycles. The van der Waals surface area contributed by atoms with E-state index in [0.717, 1.165) is 5.56 Å². The molecule has 2 rings (SSSR count). The number of likely N-dealkylation sites (tertiary alicyclic amines) is 1. The number of amides is 2. The minimum absolute atomic E-state index is 0.178. The van der Waals surface area contributed by atoms with Crippen molar-refractivity contribution in [1.82, 2.24) is 4.90 Å². The van der Waals surface area contributed by atoms with Crippen molar-refractivity contribution in [1.29, 1.82) is 0 Å². The van der Waals surface area contributed by atoms with Gasteiger partial charge in [-0.25, -0.2) is 0 Å². The lowest BCUT2D eigenvalue weighted by atomic mass is 10.1. The maximum atomic E-state index is 12.0. The van der Waals surface area contributed by atoms with Gasteiger partial charge in [-0.2, -0.15) is 0 Å². The zero-order valence-electron chi connectivity index (χ0n) is 12.3. The molecular formula is C15H20N2O4. The molecule has 2 N–H and O–H groups in total. The van der Waals surface area contributed by atoms with Crippen LogP contribution < -0.4 is 15.2 Å². The monoisotopic (exact) mass is 292 g/mol. The first-order valence-corrected chi connectivity index (χ1v) is 6.84. The molecule has 0 saturated carbocycles. The fraction of sp³-hybridized carbons (Fsp3) is 0.467. The van der Waals surface area contributed by atoms with Gasteiger partial charge in [-0.15, -0.1) is 0 Å². The Kier molecular flexibility index (Phi) is 4.80. The summed E-state index contributed by atoms with van der Waals surface area (Å²) in [6.07, 6.45) is 1.06. The first-order chi connectivity index (χ1) is 10.0. The van der Waals surface area contributed by atoms with Crippen LogP contribution in [0.1, 0.15) is 18.4 Å². The van der Waals surface area contributed by atoms with Crippen LogP contribution >= 0.6 is 0 Å². The van der Waals surface area contributed by atoms with E-state index in [9.17, 15) is 9.59 Å². The number of methoxy groups -OCH3 is 2. The van der Waals surface area contributed by atoms with Crippen LogP contribution in [-0.4, -0.2) is 43.5 Å². The standard InChI is InChI=1S/C15H20N2O4/c1-20-12-5-3-10(7-13(12)21-2)4-6-14(18)17-9-11(16)8-15(17)19/h3,5,7,11H,4,6,8-9,16H2,1-2H3. The summed E-state index contributed by atoms with van der Waals surface area (Å²) in [6, 6.07) is 5.29. The molecule has 6 nitrogen and oxygen atoms in total. The Bertz CT molecular complexity index is 544. The summed E-state index contributed by atoms with van der Waals surface area (Å²) in [5.41, 5.74) is 6.64. The van der Waals surface area contributed by atoms with Gasteiger partial charge in [-0.05, 0) is 24.1 Å². The lowest BCUT2D eigenvalue weighted by molar-refractivity contribution is -0.141. The van der Waals surface area contributed by atoms with Crippen LogP contribution in [0.25, 0.3) is 0 Å². The largest absolute Gasteiger partial charge is 0.493 e. The Balaban J connectivity index is 1.97. The fourth-order valence-electron chi connectivity index (χ4n) is 2.40. The summed E-state index contributed by atoms with van der Waals surface area (Å²) in [6.45, 7) is 0.323. The zero-order chi connectivity index (χ0) is 15.4.